The topological polar surface area (TPSA) is 75.0 Å². The molecule has 2 aromatic rings. The molecule has 0 aromatic carbocycles. The fourth-order valence-corrected chi connectivity index (χ4v) is 1.91. The first-order valence-electron chi connectivity index (χ1n) is 6.10. The van der Waals surface area contributed by atoms with Crippen molar-refractivity contribution < 1.29 is 9.47 Å². The minimum Gasteiger partial charge on any atom is -0.457 e. The zero-order valence-electron chi connectivity index (χ0n) is 10.7. The van der Waals surface area contributed by atoms with Gasteiger partial charge in [0, 0.05) is 17.8 Å². The highest BCUT2D eigenvalue weighted by atomic mass is 16.5. The highest BCUT2D eigenvalue weighted by molar-refractivity contribution is 4.97. The lowest BCUT2D eigenvalue weighted by Crippen LogP contribution is -2.43. The van der Waals surface area contributed by atoms with Crippen molar-refractivity contribution >= 4 is 0 Å². The third-order valence-electron chi connectivity index (χ3n) is 2.92. The van der Waals surface area contributed by atoms with Crippen LogP contribution in [0.15, 0.2) is 24.7 Å². The van der Waals surface area contributed by atoms with Crippen LogP contribution in [0.1, 0.15) is 12.6 Å². The summed E-state index contributed by atoms with van der Waals surface area (Å²) in [6.07, 6.45) is 5.15. The standard InChI is InChI=1S/C12H15N5O2/c1-12(8-18-9-12)7-17-5-10(15-16-17)6-19-11-13-3-2-4-14-11/h2-5H,6-9H2,1H3. The summed E-state index contributed by atoms with van der Waals surface area (Å²) < 4.78 is 12.5. The maximum atomic E-state index is 5.41. The molecule has 0 saturated carbocycles. The van der Waals surface area contributed by atoms with Gasteiger partial charge in [0.1, 0.15) is 12.3 Å². The maximum Gasteiger partial charge on any atom is 0.316 e. The average molecular weight is 261 g/mol. The predicted molar refractivity (Wildman–Crippen MR) is 65.3 cm³/mol. The van der Waals surface area contributed by atoms with Crippen LogP contribution in [-0.4, -0.2) is 38.2 Å². The van der Waals surface area contributed by atoms with Gasteiger partial charge in [-0.3, -0.25) is 4.68 Å². The average Bonchev–Trinajstić information content (AvgIpc) is 2.83. The van der Waals surface area contributed by atoms with Gasteiger partial charge >= 0.3 is 6.01 Å². The largest absolute Gasteiger partial charge is 0.457 e. The number of aromatic nitrogens is 5. The quantitative estimate of drug-likeness (QED) is 0.788. The lowest BCUT2D eigenvalue weighted by atomic mass is 9.89. The number of hydrogen-bond acceptors (Lipinski definition) is 6. The van der Waals surface area contributed by atoms with Crippen molar-refractivity contribution in [2.24, 2.45) is 5.41 Å². The molecule has 19 heavy (non-hydrogen) atoms. The summed E-state index contributed by atoms with van der Waals surface area (Å²) in [5.74, 6) is 0. The minimum atomic E-state index is 0.175. The van der Waals surface area contributed by atoms with Gasteiger partial charge in [-0.25, -0.2) is 9.97 Å². The van der Waals surface area contributed by atoms with Crippen molar-refractivity contribution in [1.82, 2.24) is 25.0 Å². The molecule has 0 N–H and O–H groups in total. The second kappa shape index (κ2) is 4.93. The molecule has 0 atom stereocenters. The van der Waals surface area contributed by atoms with Crippen LogP contribution >= 0.6 is 0 Å². The molecule has 1 fully saturated rings. The summed E-state index contributed by atoms with van der Waals surface area (Å²) in [6, 6.07) is 2.08. The van der Waals surface area contributed by atoms with Gasteiger partial charge in [0.05, 0.1) is 26.0 Å². The lowest BCUT2D eigenvalue weighted by Gasteiger charge is -2.37. The van der Waals surface area contributed by atoms with E-state index in [4.69, 9.17) is 9.47 Å². The summed E-state index contributed by atoms with van der Waals surface area (Å²) >= 11 is 0. The summed E-state index contributed by atoms with van der Waals surface area (Å²) in [6.45, 7) is 4.85. The zero-order chi connectivity index (χ0) is 13.1. The van der Waals surface area contributed by atoms with Crippen LogP contribution in [0, 0.1) is 5.41 Å². The van der Waals surface area contributed by atoms with Gasteiger partial charge in [-0.1, -0.05) is 12.1 Å². The molecule has 0 spiro atoms. The molecule has 1 aliphatic heterocycles. The lowest BCUT2D eigenvalue weighted by molar-refractivity contribution is -0.111. The molecule has 0 aliphatic carbocycles. The normalized spacial score (nSPS) is 16.9. The van der Waals surface area contributed by atoms with Crippen LogP contribution < -0.4 is 4.74 Å². The van der Waals surface area contributed by atoms with Crippen LogP contribution in [0.2, 0.25) is 0 Å². The van der Waals surface area contributed by atoms with Crippen molar-refractivity contribution in [2.75, 3.05) is 13.2 Å². The minimum absolute atomic E-state index is 0.175. The van der Waals surface area contributed by atoms with Gasteiger partial charge in [-0.05, 0) is 6.07 Å². The summed E-state index contributed by atoms with van der Waals surface area (Å²) in [4.78, 5) is 7.96. The molecule has 0 radical (unpaired) electrons. The summed E-state index contributed by atoms with van der Waals surface area (Å²) in [7, 11) is 0. The van der Waals surface area contributed by atoms with Gasteiger partial charge in [-0.15, -0.1) is 5.10 Å². The molecule has 0 unspecified atom stereocenters. The molecule has 100 valence electrons. The van der Waals surface area contributed by atoms with Gasteiger partial charge in [0.25, 0.3) is 0 Å². The van der Waals surface area contributed by atoms with E-state index in [2.05, 4.69) is 27.2 Å². The second-order valence-corrected chi connectivity index (χ2v) is 5.03. The van der Waals surface area contributed by atoms with Crippen molar-refractivity contribution in [3.63, 3.8) is 0 Å². The Labute approximate surface area is 110 Å². The smallest absolute Gasteiger partial charge is 0.316 e. The molecule has 3 heterocycles. The molecule has 0 bridgehead atoms. The molecular formula is C12H15N5O2. The van der Waals surface area contributed by atoms with Crippen LogP contribution in [0.25, 0.3) is 0 Å². The third-order valence-corrected chi connectivity index (χ3v) is 2.92. The molecule has 2 aromatic heterocycles. The molecule has 1 saturated heterocycles. The fourth-order valence-electron chi connectivity index (χ4n) is 1.91. The van der Waals surface area contributed by atoms with Crippen LogP contribution in [0.5, 0.6) is 6.01 Å². The Balaban J connectivity index is 1.56. The van der Waals surface area contributed by atoms with Crippen LogP contribution in [0.3, 0.4) is 0 Å². The van der Waals surface area contributed by atoms with E-state index in [1.54, 1.807) is 18.5 Å². The highest BCUT2D eigenvalue weighted by Gasteiger charge is 2.34. The Morgan fingerprint density at radius 1 is 1.37 bits per heavy atom. The Morgan fingerprint density at radius 3 is 2.84 bits per heavy atom. The highest BCUT2D eigenvalue weighted by Crippen LogP contribution is 2.28. The zero-order valence-corrected chi connectivity index (χ0v) is 10.7. The summed E-state index contributed by atoms with van der Waals surface area (Å²) in [5, 5.41) is 8.15. The van der Waals surface area contributed by atoms with Gasteiger partial charge in [0.15, 0.2) is 0 Å². The Morgan fingerprint density at radius 2 is 2.16 bits per heavy atom. The van der Waals surface area contributed by atoms with Crippen molar-refractivity contribution in [3.8, 4) is 6.01 Å². The van der Waals surface area contributed by atoms with Crippen LogP contribution in [-0.2, 0) is 17.9 Å². The van der Waals surface area contributed by atoms with E-state index in [9.17, 15) is 0 Å². The maximum absolute atomic E-state index is 5.41. The molecule has 1 aliphatic rings. The predicted octanol–water partition coefficient (Wildman–Crippen LogP) is 0.684. The number of ether oxygens (including phenoxy) is 2. The van der Waals surface area contributed by atoms with Gasteiger partial charge < -0.3 is 9.47 Å². The molecule has 3 rings (SSSR count). The second-order valence-electron chi connectivity index (χ2n) is 5.03. The first kappa shape index (κ1) is 12.0. The molecule has 7 nitrogen and oxygen atoms in total. The molecular weight excluding hydrogens is 246 g/mol. The Kier molecular flexibility index (Phi) is 3.12. The number of hydrogen-bond donors (Lipinski definition) is 0. The SMILES string of the molecule is CC1(Cn2cc(COc3ncccn3)nn2)COC1. The van der Waals surface area contributed by atoms with E-state index in [0.29, 0.717) is 12.6 Å². The fraction of sp³-hybridized carbons (Fsp3) is 0.500. The van der Waals surface area contributed by atoms with Crippen LogP contribution in [0.4, 0.5) is 0 Å². The van der Waals surface area contributed by atoms with Crippen molar-refractivity contribution in [2.45, 2.75) is 20.1 Å². The Bertz CT molecular complexity index is 538. The van der Waals surface area contributed by atoms with E-state index in [-0.39, 0.29) is 5.41 Å². The number of rotatable bonds is 5. The monoisotopic (exact) mass is 261 g/mol. The van der Waals surface area contributed by atoms with E-state index in [0.717, 1.165) is 25.5 Å². The molecule has 0 amide bonds. The number of nitrogens with zero attached hydrogens (tertiary/aromatic N) is 5. The third kappa shape index (κ3) is 2.87. The van der Waals surface area contributed by atoms with Gasteiger partial charge in [-0.2, -0.15) is 0 Å². The first-order chi connectivity index (χ1) is 9.23. The van der Waals surface area contributed by atoms with E-state index in [1.165, 1.54) is 0 Å². The van der Waals surface area contributed by atoms with E-state index < -0.39 is 0 Å². The van der Waals surface area contributed by atoms with E-state index >= 15 is 0 Å². The van der Waals surface area contributed by atoms with Gasteiger partial charge in [0.2, 0.25) is 0 Å². The van der Waals surface area contributed by atoms with Crippen molar-refractivity contribution in [1.29, 1.82) is 0 Å². The molecule has 7 heteroatoms. The van der Waals surface area contributed by atoms with Crippen molar-refractivity contribution in [3.05, 3.63) is 30.4 Å². The Hall–Kier alpha value is -2.02. The first-order valence-corrected chi connectivity index (χ1v) is 6.10. The van der Waals surface area contributed by atoms with E-state index in [1.807, 2.05) is 10.9 Å². The summed E-state index contributed by atoms with van der Waals surface area (Å²) in [5.41, 5.74) is 0.935.